The molecule has 0 atom stereocenters. The Labute approximate surface area is 218 Å². The van der Waals surface area contributed by atoms with E-state index in [-0.39, 0.29) is 4.90 Å². The molecule has 4 aromatic rings. The van der Waals surface area contributed by atoms with Crippen LogP contribution in [0.1, 0.15) is 12.2 Å². The molecule has 194 valence electrons. The standard InChI is InChI=1S/C27H33N7O2S/c1-32(2)15-7-14-29-27-22-10-3-4-11-23(22)30-25(31-27)20-33-16-18-34(19-17-33)37(35,36)24-12-5-8-21-9-6-13-28-26(21)24/h3-6,8-13H,7,14-20H2,1-2H3,(H,29,30,31). The van der Waals surface area contributed by atoms with Gasteiger partial charge < -0.3 is 10.2 Å². The molecule has 0 spiro atoms. The van der Waals surface area contributed by atoms with Crippen molar-refractivity contribution in [2.24, 2.45) is 0 Å². The Balaban J connectivity index is 1.27. The lowest BCUT2D eigenvalue weighted by Crippen LogP contribution is -2.48. The van der Waals surface area contributed by atoms with Crippen LogP contribution in [0.25, 0.3) is 21.8 Å². The van der Waals surface area contributed by atoms with Gasteiger partial charge in [0.15, 0.2) is 0 Å². The molecule has 1 fully saturated rings. The van der Waals surface area contributed by atoms with Gasteiger partial charge in [-0.05, 0) is 51.3 Å². The molecule has 0 amide bonds. The summed E-state index contributed by atoms with van der Waals surface area (Å²) in [6.07, 6.45) is 2.65. The van der Waals surface area contributed by atoms with E-state index in [9.17, 15) is 8.42 Å². The van der Waals surface area contributed by atoms with Crippen molar-refractivity contribution in [3.05, 3.63) is 66.6 Å². The average Bonchev–Trinajstić information content (AvgIpc) is 2.91. The van der Waals surface area contributed by atoms with E-state index in [1.807, 2.05) is 42.5 Å². The van der Waals surface area contributed by atoms with Crippen LogP contribution in [0.15, 0.2) is 65.7 Å². The number of rotatable bonds is 9. The van der Waals surface area contributed by atoms with Crippen LogP contribution >= 0.6 is 0 Å². The third-order valence-corrected chi connectivity index (χ3v) is 8.56. The van der Waals surface area contributed by atoms with Crippen LogP contribution in [-0.4, -0.2) is 90.8 Å². The third-order valence-electron chi connectivity index (χ3n) is 6.63. The van der Waals surface area contributed by atoms with Gasteiger partial charge in [0.1, 0.15) is 16.5 Å². The van der Waals surface area contributed by atoms with E-state index in [1.54, 1.807) is 22.6 Å². The van der Waals surface area contributed by atoms with Crippen molar-refractivity contribution in [1.29, 1.82) is 0 Å². The Morgan fingerprint density at radius 2 is 1.73 bits per heavy atom. The van der Waals surface area contributed by atoms with Gasteiger partial charge in [-0.2, -0.15) is 4.31 Å². The van der Waals surface area contributed by atoms with E-state index in [0.717, 1.165) is 47.4 Å². The zero-order valence-electron chi connectivity index (χ0n) is 21.3. The van der Waals surface area contributed by atoms with Gasteiger partial charge in [0.2, 0.25) is 10.0 Å². The number of nitrogens with zero attached hydrogens (tertiary/aromatic N) is 6. The molecule has 3 heterocycles. The van der Waals surface area contributed by atoms with Gasteiger partial charge in [-0.1, -0.05) is 30.3 Å². The fourth-order valence-electron chi connectivity index (χ4n) is 4.68. The molecule has 10 heteroatoms. The lowest BCUT2D eigenvalue weighted by Gasteiger charge is -2.33. The van der Waals surface area contributed by atoms with Crippen molar-refractivity contribution in [2.75, 3.05) is 58.7 Å². The fourth-order valence-corrected chi connectivity index (χ4v) is 6.27. The number of piperazine rings is 1. The predicted octanol–water partition coefficient (Wildman–Crippen LogP) is 3.05. The molecule has 2 aromatic heterocycles. The number of sulfonamides is 1. The maximum Gasteiger partial charge on any atom is 0.245 e. The number of para-hydroxylation sites is 2. The summed E-state index contributed by atoms with van der Waals surface area (Å²) in [5.41, 5.74) is 1.43. The highest BCUT2D eigenvalue weighted by Gasteiger charge is 2.30. The number of anilines is 1. The van der Waals surface area contributed by atoms with E-state index in [1.165, 1.54) is 0 Å². The second-order valence-electron chi connectivity index (χ2n) is 9.60. The monoisotopic (exact) mass is 519 g/mol. The normalized spacial score (nSPS) is 15.5. The highest BCUT2D eigenvalue weighted by molar-refractivity contribution is 7.89. The van der Waals surface area contributed by atoms with Crippen LogP contribution in [0, 0.1) is 0 Å². The van der Waals surface area contributed by atoms with Crippen LogP contribution < -0.4 is 5.32 Å². The highest BCUT2D eigenvalue weighted by Crippen LogP contribution is 2.25. The summed E-state index contributed by atoms with van der Waals surface area (Å²) in [4.78, 5) is 18.6. The number of hydrogen-bond acceptors (Lipinski definition) is 8. The first-order chi connectivity index (χ1) is 17.9. The second-order valence-corrected chi connectivity index (χ2v) is 11.5. The summed E-state index contributed by atoms with van der Waals surface area (Å²) < 4.78 is 28.5. The topological polar surface area (TPSA) is 94.6 Å². The molecule has 0 radical (unpaired) electrons. The molecule has 9 nitrogen and oxygen atoms in total. The SMILES string of the molecule is CN(C)CCCNc1nc(CN2CCN(S(=O)(=O)c3cccc4cccnc34)CC2)nc2ccccc12. The smallest absolute Gasteiger partial charge is 0.245 e. The fraction of sp³-hybridized carbons (Fsp3) is 0.370. The Morgan fingerprint density at radius 3 is 2.54 bits per heavy atom. The van der Waals surface area contributed by atoms with Crippen molar-refractivity contribution >= 4 is 37.6 Å². The van der Waals surface area contributed by atoms with E-state index >= 15 is 0 Å². The van der Waals surface area contributed by atoms with Crippen molar-refractivity contribution < 1.29 is 8.42 Å². The number of pyridine rings is 1. The van der Waals surface area contributed by atoms with Crippen LogP contribution in [0.3, 0.4) is 0 Å². The van der Waals surface area contributed by atoms with E-state index in [0.29, 0.717) is 38.2 Å². The second kappa shape index (κ2) is 11.1. The summed E-state index contributed by atoms with van der Waals surface area (Å²) in [5.74, 6) is 1.59. The predicted molar refractivity (Wildman–Crippen MR) is 147 cm³/mol. The molecule has 0 bridgehead atoms. The number of hydrogen-bond donors (Lipinski definition) is 1. The molecule has 1 saturated heterocycles. The van der Waals surface area contributed by atoms with E-state index in [2.05, 4.69) is 34.2 Å². The molecular weight excluding hydrogens is 486 g/mol. The van der Waals surface area contributed by atoms with Gasteiger partial charge in [-0.3, -0.25) is 9.88 Å². The van der Waals surface area contributed by atoms with Gasteiger partial charge in [0, 0.05) is 49.7 Å². The third kappa shape index (κ3) is 5.72. The summed E-state index contributed by atoms with van der Waals surface area (Å²) in [7, 11) is 0.503. The molecular formula is C27H33N7O2S. The van der Waals surface area contributed by atoms with Gasteiger partial charge in [-0.15, -0.1) is 0 Å². The summed E-state index contributed by atoms with van der Waals surface area (Å²) in [5, 5.41) is 5.32. The van der Waals surface area contributed by atoms with Crippen molar-refractivity contribution in [1.82, 2.24) is 29.1 Å². The molecule has 5 rings (SSSR count). The number of benzene rings is 2. The zero-order chi connectivity index (χ0) is 25.8. The largest absolute Gasteiger partial charge is 0.369 e. The summed E-state index contributed by atoms with van der Waals surface area (Å²) in [6, 6.07) is 17.0. The average molecular weight is 520 g/mol. The molecule has 1 aliphatic rings. The van der Waals surface area contributed by atoms with Gasteiger partial charge in [-0.25, -0.2) is 18.4 Å². The number of nitrogens with one attached hydrogen (secondary N) is 1. The lowest BCUT2D eigenvalue weighted by atomic mass is 10.2. The molecule has 1 aliphatic heterocycles. The molecule has 37 heavy (non-hydrogen) atoms. The molecule has 0 aliphatic carbocycles. The maximum atomic E-state index is 13.5. The minimum Gasteiger partial charge on any atom is -0.369 e. The highest BCUT2D eigenvalue weighted by atomic mass is 32.2. The molecule has 0 saturated carbocycles. The van der Waals surface area contributed by atoms with Crippen LogP contribution in [0.5, 0.6) is 0 Å². The molecule has 0 unspecified atom stereocenters. The van der Waals surface area contributed by atoms with E-state index in [4.69, 9.17) is 9.97 Å². The van der Waals surface area contributed by atoms with Gasteiger partial charge in [0.05, 0.1) is 17.6 Å². The maximum absolute atomic E-state index is 13.5. The Bertz CT molecular complexity index is 1480. The Kier molecular flexibility index (Phi) is 7.61. The quantitative estimate of drug-likeness (QED) is 0.337. The first-order valence-electron chi connectivity index (χ1n) is 12.6. The van der Waals surface area contributed by atoms with Crippen molar-refractivity contribution in [3.63, 3.8) is 0 Å². The van der Waals surface area contributed by atoms with E-state index < -0.39 is 10.0 Å². The van der Waals surface area contributed by atoms with Crippen molar-refractivity contribution in [3.8, 4) is 0 Å². The Morgan fingerprint density at radius 1 is 0.946 bits per heavy atom. The molecule has 2 aromatic carbocycles. The minimum atomic E-state index is -3.64. The first-order valence-corrected chi connectivity index (χ1v) is 14.1. The zero-order valence-corrected chi connectivity index (χ0v) is 22.2. The van der Waals surface area contributed by atoms with Gasteiger partial charge >= 0.3 is 0 Å². The van der Waals surface area contributed by atoms with Crippen LogP contribution in [0.4, 0.5) is 5.82 Å². The lowest BCUT2D eigenvalue weighted by molar-refractivity contribution is 0.178. The first kappa shape index (κ1) is 25.5. The number of aromatic nitrogens is 3. The van der Waals surface area contributed by atoms with Crippen LogP contribution in [-0.2, 0) is 16.6 Å². The minimum absolute atomic E-state index is 0.266. The van der Waals surface area contributed by atoms with Gasteiger partial charge in [0.25, 0.3) is 0 Å². The summed E-state index contributed by atoms with van der Waals surface area (Å²) >= 11 is 0. The molecule has 1 N–H and O–H groups in total. The summed E-state index contributed by atoms with van der Waals surface area (Å²) in [6.45, 7) is 4.45. The van der Waals surface area contributed by atoms with Crippen LogP contribution in [0.2, 0.25) is 0 Å². The van der Waals surface area contributed by atoms with Crippen molar-refractivity contribution in [2.45, 2.75) is 17.9 Å². The Hall–Kier alpha value is -3.18. The number of fused-ring (bicyclic) bond motifs is 2.